The van der Waals surface area contributed by atoms with Crippen LogP contribution >= 0.6 is 0 Å². The molecule has 180 valence electrons. The van der Waals surface area contributed by atoms with Crippen LogP contribution in [0.5, 0.6) is 5.75 Å². The second-order valence-electron chi connectivity index (χ2n) is 7.61. The highest BCUT2D eigenvalue weighted by molar-refractivity contribution is 7.89. The van der Waals surface area contributed by atoms with Gasteiger partial charge < -0.3 is 14.1 Å². The topological polar surface area (TPSA) is 80.1 Å². The van der Waals surface area contributed by atoms with E-state index in [4.69, 9.17) is 9.15 Å². The van der Waals surface area contributed by atoms with Crippen molar-refractivity contribution in [2.24, 2.45) is 0 Å². The van der Waals surface area contributed by atoms with E-state index in [1.807, 2.05) is 0 Å². The van der Waals surface area contributed by atoms with Gasteiger partial charge in [-0.3, -0.25) is 4.79 Å². The number of nitrogens with zero attached hydrogens (tertiary/aromatic N) is 2. The summed E-state index contributed by atoms with van der Waals surface area (Å²) in [6.07, 6.45) is -4.49. The first kappa shape index (κ1) is 23.8. The third kappa shape index (κ3) is 4.80. The molecule has 7 nitrogen and oxygen atoms in total. The average Bonchev–Trinajstić information content (AvgIpc) is 3.34. The Bertz CT molecular complexity index is 1280. The molecule has 0 spiro atoms. The molecule has 2 aromatic carbocycles. The summed E-state index contributed by atoms with van der Waals surface area (Å²) in [5, 5.41) is 0. The third-order valence-electron chi connectivity index (χ3n) is 5.51. The number of carbonyl (C=O) groups is 1. The molecule has 1 aliphatic heterocycles. The number of ether oxygens (including phenoxy) is 1. The lowest BCUT2D eigenvalue weighted by molar-refractivity contribution is -0.137. The number of halogens is 3. The Kier molecular flexibility index (Phi) is 6.41. The van der Waals surface area contributed by atoms with Crippen molar-refractivity contribution in [3.63, 3.8) is 0 Å². The minimum atomic E-state index is -4.49. The standard InChI is InChI=1S/C23H21F3N2O5S/c1-32-18-5-7-19(8-6-18)34(30,31)28-13-11-27(12-14-28)22(29)21-10-9-20(33-21)16-3-2-4-17(15-16)23(24,25)26/h2-10,15H,11-14H2,1H3. The molecule has 1 aliphatic rings. The highest BCUT2D eigenvalue weighted by atomic mass is 32.2. The van der Waals surface area contributed by atoms with Crippen LogP contribution in [0.4, 0.5) is 13.2 Å². The second-order valence-corrected chi connectivity index (χ2v) is 9.55. The van der Waals surface area contributed by atoms with E-state index in [1.54, 1.807) is 12.1 Å². The molecular formula is C23H21F3N2O5S. The number of benzene rings is 2. The quantitative estimate of drug-likeness (QED) is 0.533. The number of furan rings is 1. The molecule has 1 amide bonds. The Balaban J connectivity index is 1.43. The molecular weight excluding hydrogens is 473 g/mol. The number of carbonyl (C=O) groups excluding carboxylic acids is 1. The van der Waals surface area contributed by atoms with Crippen molar-refractivity contribution in [2.45, 2.75) is 11.1 Å². The van der Waals surface area contributed by atoms with Crippen LogP contribution in [0.25, 0.3) is 11.3 Å². The molecule has 1 saturated heterocycles. The number of alkyl halides is 3. The van der Waals surface area contributed by atoms with Crippen LogP contribution in [-0.4, -0.2) is 56.8 Å². The predicted octanol–water partition coefficient (Wildman–Crippen LogP) is 4.12. The highest BCUT2D eigenvalue weighted by Gasteiger charge is 2.32. The molecule has 0 bridgehead atoms. The zero-order valence-electron chi connectivity index (χ0n) is 18.1. The van der Waals surface area contributed by atoms with E-state index in [9.17, 15) is 26.4 Å². The average molecular weight is 494 g/mol. The summed E-state index contributed by atoms with van der Waals surface area (Å²) in [6.45, 7) is 0.490. The van der Waals surface area contributed by atoms with Gasteiger partial charge in [-0.2, -0.15) is 17.5 Å². The molecule has 3 aromatic rings. The van der Waals surface area contributed by atoms with E-state index in [-0.39, 0.29) is 48.2 Å². The first-order valence-corrected chi connectivity index (χ1v) is 11.7. The maximum Gasteiger partial charge on any atom is 0.416 e. The summed E-state index contributed by atoms with van der Waals surface area (Å²) in [4.78, 5) is 14.4. The molecule has 0 saturated carbocycles. The largest absolute Gasteiger partial charge is 0.497 e. The normalized spacial score (nSPS) is 15.4. The molecule has 0 N–H and O–H groups in total. The molecule has 34 heavy (non-hydrogen) atoms. The zero-order valence-corrected chi connectivity index (χ0v) is 18.9. The Morgan fingerprint density at radius 3 is 2.26 bits per heavy atom. The third-order valence-corrected chi connectivity index (χ3v) is 7.43. The Morgan fingerprint density at radius 1 is 0.971 bits per heavy atom. The van der Waals surface area contributed by atoms with Crippen LogP contribution in [-0.2, 0) is 16.2 Å². The fourth-order valence-electron chi connectivity index (χ4n) is 3.64. The van der Waals surface area contributed by atoms with Gasteiger partial charge in [0.05, 0.1) is 17.6 Å². The van der Waals surface area contributed by atoms with Gasteiger partial charge >= 0.3 is 6.18 Å². The summed E-state index contributed by atoms with van der Waals surface area (Å²) in [6, 6.07) is 13.5. The number of methoxy groups -OCH3 is 1. The highest BCUT2D eigenvalue weighted by Crippen LogP contribution is 2.33. The molecule has 0 aliphatic carbocycles. The van der Waals surface area contributed by atoms with Crippen LogP contribution in [0.3, 0.4) is 0 Å². The van der Waals surface area contributed by atoms with Crippen molar-refractivity contribution < 1.29 is 35.5 Å². The van der Waals surface area contributed by atoms with Crippen LogP contribution < -0.4 is 4.74 Å². The first-order valence-electron chi connectivity index (χ1n) is 10.3. The van der Waals surface area contributed by atoms with Gasteiger partial charge in [0.2, 0.25) is 10.0 Å². The van der Waals surface area contributed by atoms with E-state index < -0.39 is 27.7 Å². The van der Waals surface area contributed by atoms with Gasteiger partial charge in [-0.05, 0) is 48.5 Å². The zero-order chi connectivity index (χ0) is 24.5. The number of hydrogen-bond donors (Lipinski definition) is 0. The van der Waals surface area contributed by atoms with Crippen molar-refractivity contribution in [3.05, 3.63) is 72.0 Å². The maximum atomic E-state index is 13.0. The molecule has 1 fully saturated rings. The van der Waals surface area contributed by atoms with Gasteiger partial charge in [0.1, 0.15) is 11.5 Å². The number of amides is 1. The lowest BCUT2D eigenvalue weighted by Crippen LogP contribution is -2.50. The lowest BCUT2D eigenvalue weighted by atomic mass is 10.1. The minimum absolute atomic E-state index is 0.0288. The Labute approximate surface area is 194 Å². The summed E-state index contributed by atoms with van der Waals surface area (Å²) in [5.74, 6) is 0.186. The van der Waals surface area contributed by atoms with E-state index in [1.165, 1.54) is 52.7 Å². The predicted molar refractivity (Wildman–Crippen MR) is 117 cm³/mol. The van der Waals surface area contributed by atoms with Crippen molar-refractivity contribution >= 4 is 15.9 Å². The van der Waals surface area contributed by atoms with Gasteiger partial charge in [0, 0.05) is 31.7 Å². The summed E-state index contributed by atoms with van der Waals surface area (Å²) in [5.41, 5.74) is -0.618. The van der Waals surface area contributed by atoms with E-state index >= 15 is 0 Å². The maximum absolute atomic E-state index is 13.0. The van der Waals surface area contributed by atoms with Crippen LogP contribution in [0.1, 0.15) is 16.1 Å². The smallest absolute Gasteiger partial charge is 0.416 e. The minimum Gasteiger partial charge on any atom is -0.497 e. The first-order chi connectivity index (χ1) is 16.1. The van der Waals surface area contributed by atoms with Gasteiger partial charge in [-0.15, -0.1) is 0 Å². The number of rotatable bonds is 5. The molecule has 0 radical (unpaired) electrons. The van der Waals surface area contributed by atoms with Gasteiger partial charge in [0.25, 0.3) is 5.91 Å². The van der Waals surface area contributed by atoms with Crippen molar-refractivity contribution in [1.82, 2.24) is 9.21 Å². The number of hydrogen-bond acceptors (Lipinski definition) is 5. The van der Waals surface area contributed by atoms with Crippen LogP contribution in [0.15, 0.2) is 70.0 Å². The monoisotopic (exact) mass is 494 g/mol. The Hall–Kier alpha value is -3.31. The number of sulfonamides is 1. The molecule has 4 rings (SSSR count). The molecule has 1 aromatic heterocycles. The Morgan fingerprint density at radius 2 is 1.65 bits per heavy atom. The fourth-order valence-corrected chi connectivity index (χ4v) is 5.06. The fraction of sp³-hybridized carbons (Fsp3) is 0.261. The second kappa shape index (κ2) is 9.15. The van der Waals surface area contributed by atoms with E-state index in [0.29, 0.717) is 5.75 Å². The molecule has 11 heteroatoms. The van der Waals surface area contributed by atoms with Crippen LogP contribution in [0.2, 0.25) is 0 Å². The van der Waals surface area contributed by atoms with Crippen molar-refractivity contribution in [2.75, 3.05) is 33.3 Å². The van der Waals surface area contributed by atoms with E-state index in [2.05, 4.69) is 0 Å². The van der Waals surface area contributed by atoms with Gasteiger partial charge in [-0.1, -0.05) is 12.1 Å². The van der Waals surface area contributed by atoms with Gasteiger partial charge in [0.15, 0.2) is 5.76 Å². The summed E-state index contributed by atoms with van der Waals surface area (Å²) < 4.78 is 76.6. The lowest BCUT2D eigenvalue weighted by Gasteiger charge is -2.33. The molecule has 0 unspecified atom stereocenters. The van der Waals surface area contributed by atoms with Gasteiger partial charge in [-0.25, -0.2) is 8.42 Å². The number of piperazine rings is 1. The molecule has 2 heterocycles. The van der Waals surface area contributed by atoms with Crippen molar-refractivity contribution in [1.29, 1.82) is 0 Å². The van der Waals surface area contributed by atoms with Crippen molar-refractivity contribution in [3.8, 4) is 17.1 Å². The SMILES string of the molecule is COc1ccc(S(=O)(=O)N2CCN(C(=O)c3ccc(-c4cccc(C(F)(F)F)c4)o3)CC2)cc1. The van der Waals surface area contributed by atoms with Crippen LogP contribution in [0, 0.1) is 0 Å². The summed E-state index contributed by atoms with van der Waals surface area (Å²) >= 11 is 0. The summed E-state index contributed by atoms with van der Waals surface area (Å²) in [7, 11) is -2.24. The molecule has 0 atom stereocenters. The van der Waals surface area contributed by atoms with E-state index in [0.717, 1.165) is 12.1 Å².